The van der Waals surface area contributed by atoms with Crippen LogP contribution in [0.15, 0.2) is 18.2 Å². The molecule has 5 heteroatoms. The SMILES string of the molecule is C#CCn1nc(-c2cc(Cl)ccc2C)c(C=O)c1N. The quantitative estimate of drug-likeness (QED) is 0.690. The predicted octanol–water partition coefficient (Wildman–Crippen LogP) is 2.54. The average Bonchev–Trinajstić information content (AvgIpc) is 2.70. The van der Waals surface area contributed by atoms with E-state index in [-0.39, 0.29) is 12.4 Å². The van der Waals surface area contributed by atoms with Crippen LogP contribution in [0, 0.1) is 19.3 Å². The number of anilines is 1. The van der Waals surface area contributed by atoms with E-state index in [0.717, 1.165) is 11.1 Å². The van der Waals surface area contributed by atoms with Crippen molar-refractivity contribution in [3.8, 4) is 23.6 Å². The third kappa shape index (κ3) is 2.33. The van der Waals surface area contributed by atoms with Crippen LogP contribution in [0.1, 0.15) is 15.9 Å². The van der Waals surface area contributed by atoms with Gasteiger partial charge < -0.3 is 5.73 Å². The molecule has 2 N–H and O–H groups in total. The maximum Gasteiger partial charge on any atom is 0.156 e. The zero-order chi connectivity index (χ0) is 14.0. The van der Waals surface area contributed by atoms with Gasteiger partial charge in [0.2, 0.25) is 0 Å². The van der Waals surface area contributed by atoms with Gasteiger partial charge in [-0.05, 0) is 24.6 Å². The summed E-state index contributed by atoms with van der Waals surface area (Å²) in [6.45, 7) is 2.13. The third-order valence-corrected chi connectivity index (χ3v) is 3.08. The lowest BCUT2D eigenvalue weighted by molar-refractivity contribution is 0.112. The number of hydrogen-bond acceptors (Lipinski definition) is 3. The molecule has 2 rings (SSSR count). The Morgan fingerprint density at radius 2 is 2.32 bits per heavy atom. The summed E-state index contributed by atoms with van der Waals surface area (Å²) in [6.07, 6.45) is 5.93. The van der Waals surface area contributed by atoms with Crippen molar-refractivity contribution >= 4 is 23.7 Å². The Morgan fingerprint density at radius 1 is 1.58 bits per heavy atom. The van der Waals surface area contributed by atoms with Gasteiger partial charge in [0, 0.05) is 10.6 Å². The molecule has 0 atom stereocenters. The van der Waals surface area contributed by atoms with E-state index in [0.29, 0.717) is 22.6 Å². The molecule has 0 aliphatic rings. The van der Waals surface area contributed by atoms with Gasteiger partial charge in [0.05, 0.1) is 5.56 Å². The lowest BCUT2D eigenvalue weighted by Gasteiger charge is -2.03. The van der Waals surface area contributed by atoms with Crippen molar-refractivity contribution in [2.45, 2.75) is 13.5 Å². The number of carbonyl (C=O) groups excluding carboxylic acids is 1. The van der Waals surface area contributed by atoms with Crippen LogP contribution in [0.25, 0.3) is 11.3 Å². The van der Waals surface area contributed by atoms with Crippen molar-refractivity contribution in [3.05, 3.63) is 34.3 Å². The Hall–Kier alpha value is -2.25. The molecule has 0 unspecified atom stereocenters. The van der Waals surface area contributed by atoms with E-state index in [2.05, 4.69) is 11.0 Å². The van der Waals surface area contributed by atoms with Gasteiger partial charge >= 0.3 is 0 Å². The summed E-state index contributed by atoms with van der Waals surface area (Å²) in [4.78, 5) is 11.2. The van der Waals surface area contributed by atoms with Gasteiger partial charge in [0.15, 0.2) is 6.29 Å². The van der Waals surface area contributed by atoms with Gasteiger partial charge in [-0.15, -0.1) is 6.42 Å². The van der Waals surface area contributed by atoms with Crippen LogP contribution in [0.5, 0.6) is 0 Å². The second-order valence-electron chi connectivity index (χ2n) is 4.09. The zero-order valence-electron chi connectivity index (χ0n) is 10.4. The molecule has 0 aliphatic carbocycles. The number of nitrogens with zero attached hydrogens (tertiary/aromatic N) is 2. The number of hydrogen-bond donors (Lipinski definition) is 1. The number of carbonyl (C=O) groups is 1. The molecule has 0 amide bonds. The minimum atomic E-state index is 0.215. The summed E-state index contributed by atoms with van der Waals surface area (Å²) in [5, 5.41) is 4.87. The van der Waals surface area contributed by atoms with E-state index in [1.807, 2.05) is 13.0 Å². The molecule has 0 saturated heterocycles. The fourth-order valence-corrected chi connectivity index (χ4v) is 2.03. The van der Waals surface area contributed by atoms with Crippen molar-refractivity contribution in [3.63, 3.8) is 0 Å². The summed E-state index contributed by atoms with van der Waals surface area (Å²) in [7, 11) is 0. The minimum Gasteiger partial charge on any atom is -0.383 e. The fraction of sp³-hybridized carbons (Fsp3) is 0.143. The predicted molar refractivity (Wildman–Crippen MR) is 76.0 cm³/mol. The molecule has 0 fully saturated rings. The molecule has 0 spiro atoms. The number of nitrogen functional groups attached to an aromatic ring is 1. The molecule has 1 aromatic carbocycles. The molecule has 0 radical (unpaired) electrons. The summed E-state index contributed by atoms with van der Waals surface area (Å²) < 4.78 is 1.43. The highest BCUT2D eigenvalue weighted by Crippen LogP contribution is 2.30. The first-order chi connectivity index (χ1) is 9.08. The second kappa shape index (κ2) is 5.17. The fourth-order valence-electron chi connectivity index (χ4n) is 1.86. The maximum atomic E-state index is 11.2. The summed E-state index contributed by atoms with van der Waals surface area (Å²) >= 11 is 5.98. The van der Waals surface area contributed by atoms with E-state index in [1.165, 1.54) is 4.68 Å². The summed E-state index contributed by atoms with van der Waals surface area (Å²) in [5.41, 5.74) is 8.43. The Labute approximate surface area is 116 Å². The highest BCUT2D eigenvalue weighted by Gasteiger charge is 2.17. The number of nitrogens with two attached hydrogens (primary N) is 1. The van der Waals surface area contributed by atoms with Crippen LogP contribution in [0.2, 0.25) is 5.02 Å². The van der Waals surface area contributed by atoms with E-state index in [4.69, 9.17) is 23.8 Å². The number of aromatic nitrogens is 2. The van der Waals surface area contributed by atoms with Crippen molar-refractivity contribution < 1.29 is 4.79 Å². The van der Waals surface area contributed by atoms with Crippen molar-refractivity contribution in [1.82, 2.24) is 9.78 Å². The van der Waals surface area contributed by atoms with Crippen LogP contribution in [0.4, 0.5) is 5.82 Å². The van der Waals surface area contributed by atoms with Gasteiger partial charge in [-0.3, -0.25) is 4.79 Å². The Morgan fingerprint density at radius 3 is 2.95 bits per heavy atom. The molecule has 19 heavy (non-hydrogen) atoms. The molecular weight excluding hydrogens is 262 g/mol. The number of aldehydes is 1. The number of aryl methyl sites for hydroxylation is 1. The molecule has 96 valence electrons. The van der Waals surface area contributed by atoms with E-state index >= 15 is 0 Å². The molecule has 4 nitrogen and oxygen atoms in total. The molecular formula is C14H12ClN3O. The van der Waals surface area contributed by atoms with Crippen molar-refractivity contribution in [2.75, 3.05) is 5.73 Å². The molecule has 0 saturated carbocycles. The smallest absolute Gasteiger partial charge is 0.156 e. The number of rotatable bonds is 3. The van der Waals surface area contributed by atoms with Gasteiger partial charge in [-0.25, -0.2) is 4.68 Å². The van der Waals surface area contributed by atoms with Gasteiger partial charge in [-0.2, -0.15) is 5.10 Å². The molecule has 1 aromatic heterocycles. The highest BCUT2D eigenvalue weighted by molar-refractivity contribution is 6.30. The van der Waals surface area contributed by atoms with Crippen LogP contribution in [0.3, 0.4) is 0 Å². The standard InChI is InChI=1S/C14H12ClN3O/c1-3-6-18-14(16)12(8-19)13(17-18)11-7-10(15)5-4-9(11)2/h1,4-5,7-8H,6,16H2,2H3. The van der Waals surface area contributed by atoms with Crippen LogP contribution in [-0.4, -0.2) is 16.1 Å². The first kappa shape index (κ1) is 13.2. The summed E-state index contributed by atoms with van der Waals surface area (Å²) in [6, 6.07) is 5.40. The topological polar surface area (TPSA) is 60.9 Å². The third-order valence-electron chi connectivity index (χ3n) is 2.84. The molecule has 2 aromatic rings. The Kier molecular flexibility index (Phi) is 3.59. The van der Waals surface area contributed by atoms with Crippen LogP contribution >= 0.6 is 11.6 Å². The average molecular weight is 274 g/mol. The number of halogens is 1. The highest BCUT2D eigenvalue weighted by atomic mass is 35.5. The largest absolute Gasteiger partial charge is 0.383 e. The van der Waals surface area contributed by atoms with Crippen LogP contribution < -0.4 is 5.73 Å². The lowest BCUT2D eigenvalue weighted by atomic mass is 10.0. The Bertz CT molecular complexity index is 683. The molecule has 0 bridgehead atoms. The first-order valence-electron chi connectivity index (χ1n) is 5.60. The first-order valence-corrected chi connectivity index (χ1v) is 5.97. The molecule has 0 aliphatic heterocycles. The van der Waals surface area contributed by atoms with Gasteiger partial charge in [0.25, 0.3) is 0 Å². The monoisotopic (exact) mass is 273 g/mol. The minimum absolute atomic E-state index is 0.215. The zero-order valence-corrected chi connectivity index (χ0v) is 11.1. The van der Waals surface area contributed by atoms with Gasteiger partial charge in [-0.1, -0.05) is 23.6 Å². The normalized spacial score (nSPS) is 10.2. The summed E-state index contributed by atoms with van der Waals surface area (Å²) in [5.74, 6) is 2.71. The number of terminal acetylenes is 1. The van der Waals surface area contributed by atoms with E-state index in [9.17, 15) is 4.79 Å². The molecule has 1 heterocycles. The van der Waals surface area contributed by atoms with E-state index in [1.54, 1.807) is 12.1 Å². The Balaban J connectivity index is 2.68. The lowest BCUT2D eigenvalue weighted by Crippen LogP contribution is -2.03. The van der Waals surface area contributed by atoms with Crippen LogP contribution in [-0.2, 0) is 6.54 Å². The van der Waals surface area contributed by atoms with Crippen molar-refractivity contribution in [1.29, 1.82) is 0 Å². The maximum absolute atomic E-state index is 11.2. The van der Waals surface area contributed by atoms with Crippen molar-refractivity contribution in [2.24, 2.45) is 0 Å². The van der Waals surface area contributed by atoms with E-state index < -0.39 is 0 Å². The van der Waals surface area contributed by atoms with Gasteiger partial charge in [0.1, 0.15) is 18.1 Å². The second-order valence-corrected chi connectivity index (χ2v) is 4.52. The number of benzene rings is 1.